The molecule has 0 aromatic heterocycles. The highest BCUT2D eigenvalue weighted by Gasteiger charge is 1.93. The molecule has 3 nitrogen and oxygen atoms in total. The maximum absolute atomic E-state index is 8.17. The average Bonchev–Trinajstić information content (AvgIpc) is 1.65. The van der Waals surface area contributed by atoms with Crippen molar-refractivity contribution in [1.29, 1.82) is 0 Å². The first kappa shape index (κ1) is 10.2. The summed E-state index contributed by atoms with van der Waals surface area (Å²) in [6, 6.07) is 0. The molecule has 0 aromatic carbocycles. The zero-order chi connectivity index (χ0) is 4.99. The number of halogens is 1. The van der Waals surface area contributed by atoms with Crippen LogP contribution in [0.1, 0.15) is 0 Å². The molecule has 0 amide bonds. The minimum absolute atomic E-state index is 0. The van der Waals surface area contributed by atoms with Crippen LogP contribution in [0.4, 0.5) is 0 Å². The van der Waals surface area contributed by atoms with E-state index in [0.29, 0.717) is 0 Å². The standard InChI is InChI=1S/C3H8O3.ClH/c4-1-3(6)2-5;/h3-6H,1-2H2;1H/p-1. The molecule has 0 bridgehead atoms. The fraction of sp³-hybridized carbons (Fsp3) is 1.00. The smallest absolute Gasteiger partial charge is 0.100 e. The van der Waals surface area contributed by atoms with Gasteiger partial charge >= 0.3 is 0 Å². The van der Waals surface area contributed by atoms with Crippen LogP contribution in [0, 0.1) is 0 Å². The fourth-order valence-electron chi connectivity index (χ4n) is 0.0577. The molecule has 0 fully saturated rings. The third kappa shape index (κ3) is 6.17. The maximum Gasteiger partial charge on any atom is 0.100 e. The molecule has 4 heteroatoms. The van der Waals surface area contributed by atoms with Crippen molar-refractivity contribution in [3.8, 4) is 0 Å². The second-order valence-corrected chi connectivity index (χ2v) is 1.02. The summed E-state index contributed by atoms with van der Waals surface area (Å²) in [6.07, 6.45) is -0.954. The third-order valence-corrected chi connectivity index (χ3v) is 0.421. The minimum Gasteiger partial charge on any atom is -1.00 e. The lowest BCUT2D eigenvalue weighted by atomic mass is 10.4. The molecule has 46 valence electrons. The summed E-state index contributed by atoms with van der Waals surface area (Å²) in [5, 5.41) is 24.0. The van der Waals surface area contributed by atoms with Crippen LogP contribution in [0.2, 0.25) is 0 Å². The summed E-state index contributed by atoms with van der Waals surface area (Å²) in [5.41, 5.74) is 0. The summed E-state index contributed by atoms with van der Waals surface area (Å²) >= 11 is 0. The van der Waals surface area contributed by atoms with Crippen LogP contribution >= 0.6 is 0 Å². The van der Waals surface area contributed by atoms with Crippen LogP contribution in [0.3, 0.4) is 0 Å². The highest BCUT2D eigenvalue weighted by Crippen LogP contribution is 1.71. The van der Waals surface area contributed by atoms with Gasteiger partial charge in [0.2, 0.25) is 0 Å². The number of aliphatic hydroxyl groups excluding tert-OH is 3. The fourth-order valence-corrected chi connectivity index (χ4v) is 0.0577. The van der Waals surface area contributed by atoms with Crippen molar-refractivity contribution in [2.75, 3.05) is 13.2 Å². The molecule has 0 saturated carbocycles. The van der Waals surface area contributed by atoms with Gasteiger partial charge in [-0.05, 0) is 0 Å². The van der Waals surface area contributed by atoms with Gasteiger partial charge in [0.25, 0.3) is 0 Å². The Bertz CT molecular complexity index is 29.4. The monoisotopic (exact) mass is 127 g/mol. The van der Waals surface area contributed by atoms with Crippen LogP contribution in [0.5, 0.6) is 0 Å². The summed E-state index contributed by atoms with van der Waals surface area (Å²) < 4.78 is 0. The number of aliphatic hydroxyl groups is 3. The zero-order valence-electron chi connectivity index (χ0n) is 3.71. The van der Waals surface area contributed by atoms with Crippen LogP contribution in [-0.4, -0.2) is 34.6 Å². The second kappa shape index (κ2) is 6.17. The SMILES string of the molecule is OCC(O)CO.[Cl-]. The predicted octanol–water partition coefficient (Wildman–Crippen LogP) is -4.66. The lowest BCUT2D eigenvalue weighted by Crippen LogP contribution is -3.00. The van der Waals surface area contributed by atoms with Crippen molar-refractivity contribution in [3.63, 3.8) is 0 Å². The first-order chi connectivity index (χ1) is 2.81. The summed E-state index contributed by atoms with van der Waals surface area (Å²) in [6.45, 7) is -0.729. The van der Waals surface area contributed by atoms with E-state index in [-0.39, 0.29) is 25.6 Å². The Balaban J connectivity index is 0. The van der Waals surface area contributed by atoms with Crippen LogP contribution in [-0.2, 0) is 0 Å². The van der Waals surface area contributed by atoms with Gasteiger partial charge in [-0.2, -0.15) is 0 Å². The van der Waals surface area contributed by atoms with E-state index in [1.165, 1.54) is 0 Å². The lowest BCUT2D eigenvalue weighted by molar-refractivity contribution is -0.00000371. The molecule has 0 aliphatic carbocycles. The first-order valence-corrected chi connectivity index (χ1v) is 1.71. The maximum atomic E-state index is 8.17. The van der Waals surface area contributed by atoms with Gasteiger partial charge in [-0.15, -0.1) is 0 Å². The number of hydrogen-bond acceptors (Lipinski definition) is 3. The van der Waals surface area contributed by atoms with Gasteiger partial charge in [0, 0.05) is 0 Å². The summed E-state index contributed by atoms with van der Waals surface area (Å²) in [5.74, 6) is 0. The zero-order valence-corrected chi connectivity index (χ0v) is 4.47. The van der Waals surface area contributed by atoms with E-state index in [0.717, 1.165) is 0 Å². The Morgan fingerprint density at radius 2 is 1.43 bits per heavy atom. The summed E-state index contributed by atoms with van der Waals surface area (Å²) in [4.78, 5) is 0. The van der Waals surface area contributed by atoms with E-state index >= 15 is 0 Å². The molecule has 0 aliphatic heterocycles. The molecule has 0 unspecified atom stereocenters. The Morgan fingerprint density at radius 1 is 1.14 bits per heavy atom. The Hall–Kier alpha value is 0.170. The van der Waals surface area contributed by atoms with Gasteiger partial charge in [-0.1, -0.05) is 0 Å². The van der Waals surface area contributed by atoms with E-state index in [1.807, 2.05) is 0 Å². The normalized spacial score (nSPS) is 8.57. The van der Waals surface area contributed by atoms with E-state index in [9.17, 15) is 0 Å². The molecule has 0 heterocycles. The van der Waals surface area contributed by atoms with Crippen molar-refractivity contribution in [3.05, 3.63) is 0 Å². The summed E-state index contributed by atoms with van der Waals surface area (Å²) in [7, 11) is 0. The van der Waals surface area contributed by atoms with Crippen LogP contribution in [0.25, 0.3) is 0 Å². The molecule has 7 heavy (non-hydrogen) atoms. The van der Waals surface area contributed by atoms with Crippen molar-refractivity contribution < 1.29 is 27.7 Å². The Kier molecular flexibility index (Phi) is 9.00. The van der Waals surface area contributed by atoms with Gasteiger partial charge < -0.3 is 27.7 Å². The average molecular weight is 128 g/mol. The number of rotatable bonds is 2. The largest absolute Gasteiger partial charge is 1.00 e. The third-order valence-electron chi connectivity index (χ3n) is 0.421. The minimum atomic E-state index is -0.954. The highest BCUT2D eigenvalue weighted by atomic mass is 35.5. The number of hydrogen-bond donors (Lipinski definition) is 3. The van der Waals surface area contributed by atoms with Crippen LogP contribution in [0.15, 0.2) is 0 Å². The molecule has 0 radical (unpaired) electrons. The van der Waals surface area contributed by atoms with Crippen molar-refractivity contribution in [2.45, 2.75) is 6.10 Å². The van der Waals surface area contributed by atoms with E-state index in [1.54, 1.807) is 0 Å². The second-order valence-electron chi connectivity index (χ2n) is 1.02. The lowest BCUT2D eigenvalue weighted by Gasteiger charge is -1.96. The van der Waals surface area contributed by atoms with Gasteiger partial charge in [-0.3, -0.25) is 0 Å². The van der Waals surface area contributed by atoms with Crippen molar-refractivity contribution >= 4 is 0 Å². The molecule has 0 saturated heterocycles. The molecule has 3 N–H and O–H groups in total. The topological polar surface area (TPSA) is 60.7 Å². The van der Waals surface area contributed by atoms with Crippen LogP contribution < -0.4 is 12.4 Å². The van der Waals surface area contributed by atoms with Gasteiger partial charge in [0.15, 0.2) is 0 Å². The van der Waals surface area contributed by atoms with Gasteiger partial charge in [-0.25, -0.2) is 0 Å². The Labute approximate surface area is 48.0 Å². The molecule has 0 spiro atoms. The predicted molar refractivity (Wildman–Crippen MR) is 20.2 cm³/mol. The Morgan fingerprint density at radius 3 is 1.43 bits per heavy atom. The molecular weight excluding hydrogens is 119 g/mol. The first-order valence-electron chi connectivity index (χ1n) is 1.71. The van der Waals surface area contributed by atoms with Crippen molar-refractivity contribution in [2.24, 2.45) is 0 Å². The van der Waals surface area contributed by atoms with Crippen molar-refractivity contribution in [1.82, 2.24) is 0 Å². The molecule has 0 rings (SSSR count). The van der Waals surface area contributed by atoms with E-state index in [2.05, 4.69) is 0 Å². The molecular formula is C3H8ClO3-. The molecule has 0 aliphatic rings. The van der Waals surface area contributed by atoms with Gasteiger partial charge in [0.1, 0.15) is 6.10 Å². The van der Waals surface area contributed by atoms with Gasteiger partial charge in [0.05, 0.1) is 13.2 Å². The highest BCUT2D eigenvalue weighted by molar-refractivity contribution is 4.43. The molecule has 0 aromatic rings. The molecule has 0 atom stereocenters. The van der Waals surface area contributed by atoms with E-state index < -0.39 is 6.10 Å². The quantitative estimate of drug-likeness (QED) is 0.350. The van der Waals surface area contributed by atoms with E-state index in [4.69, 9.17) is 15.3 Å².